The maximum atomic E-state index is 16.2. The van der Waals surface area contributed by atoms with Gasteiger partial charge in [-0.25, -0.2) is 4.39 Å². The Morgan fingerprint density at radius 3 is 2.49 bits per heavy atom. The predicted octanol–water partition coefficient (Wildman–Crippen LogP) is 6.42. The first kappa shape index (κ1) is 24.9. The molecule has 0 radical (unpaired) electrons. The smallest absolute Gasteiger partial charge is 0.416 e. The molecule has 1 aliphatic heterocycles. The zero-order valence-electron chi connectivity index (χ0n) is 20.0. The third kappa shape index (κ3) is 4.70. The highest BCUT2D eigenvalue weighted by atomic mass is 19.4. The fourth-order valence-corrected chi connectivity index (χ4v) is 4.95. The summed E-state index contributed by atoms with van der Waals surface area (Å²) in [5.41, 5.74) is 0.907. The van der Waals surface area contributed by atoms with Crippen LogP contribution in [0.15, 0.2) is 59.4 Å². The minimum absolute atomic E-state index is 0.00977. The van der Waals surface area contributed by atoms with Gasteiger partial charge in [-0.1, -0.05) is 30.3 Å². The van der Waals surface area contributed by atoms with Crippen molar-refractivity contribution in [1.29, 1.82) is 0 Å². The molecule has 1 fully saturated rings. The highest BCUT2D eigenvalue weighted by Gasteiger charge is 2.38. The number of alkyl halides is 3. The number of aliphatic carboxylic acids is 1. The van der Waals surface area contributed by atoms with Gasteiger partial charge in [-0.05, 0) is 49.1 Å². The van der Waals surface area contributed by atoms with Crippen LogP contribution in [0.1, 0.15) is 48.4 Å². The summed E-state index contributed by atoms with van der Waals surface area (Å²) in [7, 11) is 0. The number of halogens is 4. The van der Waals surface area contributed by atoms with Gasteiger partial charge in [0, 0.05) is 41.6 Å². The number of carbonyl (C=O) groups is 2. The fraction of sp³-hybridized carbons (Fsp3) is 0.321. The number of aliphatic imine (C=N–C) groups is 1. The highest BCUT2D eigenvalue weighted by molar-refractivity contribution is 6.34. The number of hydrogen-bond donors (Lipinski definition) is 1. The standard InChI is InChI=1S/C28H24F4N2O3/c1-2-34(27(37)15-7-8-15)14-17-11-18(28(30,31)32)9-10-19(17)21-12-16(13-23(35)36)26-24(25(21)29)20-5-3-4-6-22(20)33-26/h3-6,9-12,15-16H,2,7-8,13-14H2,1H3,(H,35,36). The van der Waals surface area contributed by atoms with Crippen molar-refractivity contribution in [2.75, 3.05) is 6.54 Å². The van der Waals surface area contributed by atoms with Crippen LogP contribution in [0.3, 0.4) is 0 Å². The molecule has 5 nitrogen and oxygen atoms in total. The van der Waals surface area contributed by atoms with Crippen LogP contribution in [0.25, 0.3) is 11.1 Å². The molecular weight excluding hydrogens is 488 g/mol. The van der Waals surface area contributed by atoms with Crippen molar-refractivity contribution >= 4 is 34.4 Å². The Bertz CT molecular complexity index is 1390. The van der Waals surface area contributed by atoms with Gasteiger partial charge >= 0.3 is 12.1 Å². The summed E-state index contributed by atoms with van der Waals surface area (Å²) in [5, 5.41) is 9.51. The average molecular weight is 513 g/mol. The van der Waals surface area contributed by atoms with Crippen molar-refractivity contribution in [1.82, 2.24) is 4.90 Å². The fourth-order valence-electron chi connectivity index (χ4n) is 4.95. The molecule has 1 atom stereocenters. The van der Waals surface area contributed by atoms with Crippen LogP contribution in [0.5, 0.6) is 0 Å². The van der Waals surface area contributed by atoms with E-state index in [1.54, 1.807) is 31.2 Å². The van der Waals surface area contributed by atoms with Crippen LogP contribution in [0.2, 0.25) is 0 Å². The first-order valence-electron chi connectivity index (χ1n) is 12.1. The molecule has 192 valence electrons. The van der Waals surface area contributed by atoms with E-state index in [-0.39, 0.29) is 52.8 Å². The van der Waals surface area contributed by atoms with Gasteiger partial charge in [0.25, 0.3) is 0 Å². The van der Waals surface area contributed by atoms with E-state index in [1.807, 2.05) is 0 Å². The van der Waals surface area contributed by atoms with Gasteiger partial charge in [0.1, 0.15) is 5.83 Å². The van der Waals surface area contributed by atoms with Crippen molar-refractivity contribution in [2.24, 2.45) is 16.8 Å². The lowest BCUT2D eigenvalue weighted by atomic mass is 9.80. The van der Waals surface area contributed by atoms with Crippen molar-refractivity contribution in [3.05, 3.63) is 76.6 Å². The van der Waals surface area contributed by atoms with E-state index >= 15 is 4.39 Å². The van der Waals surface area contributed by atoms with Gasteiger partial charge in [0.05, 0.1) is 23.4 Å². The molecule has 3 aliphatic rings. The predicted molar refractivity (Wildman–Crippen MR) is 131 cm³/mol. The Balaban J connectivity index is 1.65. The number of nitrogens with zero attached hydrogens (tertiary/aromatic N) is 2. The van der Waals surface area contributed by atoms with E-state index in [4.69, 9.17) is 0 Å². The van der Waals surface area contributed by atoms with E-state index in [0.717, 1.165) is 25.0 Å². The molecule has 0 bridgehead atoms. The number of para-hydroxylation sites is 1. The van der Waals surface area contributed by atoms with E-state index in [0.29, 0.717) is 17.8 Å². The molecule has 0 saturated heterocycles. The molecule has 1 N–H and O–H groups in total. The summed E-state index contributed by atoms with van der Waals surface area (Å²) in [5.74, 6) is -2.83. The summed E-state index contributed by atoms with van der Waals surface area (Å²) < 4.78 is 57.1. The summed E-state index contributed by atoms with van der Waals surface area (Å²) >= 11 is 0. The first-order chi connectivity index (χ1) is 17.6. The lowest BCUT2D eigenvalue weighted by Gasteiger charge is -2.26. The number of fused-ring (bicyclic) bond motifs is 3. The Labute approximate surface area is 210 Å². The number of carboxylic acid groups (broad SMARTS) is 1. The number of hydrogen-bond acceptors (Lipinski definition) is 3. The molecule has 2 aromatic rings. The van der Waals surface area contributed by atoms with Crippen LogP contribution < -0.4 is 0 Å². The Kier molecular flexibility index (Phi) is 6.25. The normalized spacial score (nSPS) is 18.7. The van der Waals surface area contributed by atoms with Crippen LogP contribution in [-0.2, 0) is 22.3 Å². The molecule has 5 rings (SSSR count). The monoisotopic (exact) mass is 512 g/mol. The molecule has 1 saturated carbocycles. The van der Waals surface area contributed by atoms with Crippen LogP contribution in [-0.4, -0.2) is 34.1 Å². The molecule has 0 aromatic heterocycles. The third-order valence-electron chi connectivity index (χ3n) is 6.94. The average Bonchev–Trinajstić information content (AvgIpc) is 3.62. The second-order valence-electron chi connectivity index (χ2n) is 9.48. The molecule has 1 unspecified atom stereocenters. The van der Waals surface area contributed by atoms with Gasteiger partial charge in [0.2, 0.25) is 5.91 Å². The van der Waals surface area contributed by atoms with Crippen molar-refractivity contribution in [3.63, 3.8) is 0 Å². The van der Waals surface area contributed by atoms with Crippen molar-refractivity contribution in [2.45, 2.75) is 38.9 Å². The molecule has 2 aromatic carbocycles. The lowest BCUT2D eigenvalue weighted by Crippen LogP contribution is -2.32. The zero-order valence-corrected chi connectivity index (χ0v) is 20.0. The summed E-state index contributed by atoms with van der Waals surface area (Å²) in [6.45, 7) is 1.92. The molecule has 1 amide bonds. The summed E-state index contributed by atoms with van der Waals surface area (Å²) in [6, 6.07) is 9.88. The lowest BCUT2D eigenvalue weighted by molar-refractivity contribution is -0.138. The molecule has 0 spiro atoms. The summed E-state index contributed by atoms with van der Waals surface area (Å²) in [6.07, 6.45) is -2.06. The molecule has 9 heteroatoms. The van der Waals surface area contributed by atoms with Gasteiger partial charge in [0.15, 0.2) is 0 Å². The zero-order chi connectivity index (χ0) is 26.5. The topological polar surface area (TPSA) is 70.0 Å². The van der Waals surface area contributed by atoms with E-state index < -0.39 is 29.5 Å². The molecule has 2 aliphatic carbocycles. The Morgan fingerprint density at radius 2 is 1.84 bits per heavy atom. The first-order valence-corrected chi connectivity index (χ1v) is 12.1. The third-order valence-corrected chi connectivity index (χ3v) is 6.94. The minimum Gasteiger partial charge on any atom is -0.481 e. The number of benzene rings is 2. The van der Waals surface area contributed by atoms with Crippen molar-refractivity contribution < 1.29 is 32.3 Å². The van der Waals surface area contributed by atoms with Crippen LogP contribution in [0, 0.1) is 11.8 Å². The minimum atomic E-state index is -4.63. The van der Waals surface area contributed by atoms with Crippen LogP contribution >= 0.6 is 0 Å². The van der Waals surface area contributed by atoms with Crippen molar-refractivity contribution in [3.8, 4) is 0 Å². The molecule has 1 heterocycles. The highest BCUT2D eigenvalue weighted by Crippen LogP contribution is 2.48. The maximum absolute atomic E-state index is 16.2. The number of carboxylic acids is 1. The van der Waals surface area contributed by atoms with E-state index in [2.05, 4.69) is 4.99 Å². The van der Waals surface area contributed by atoms with Gasteiger partial charge in [-0.15, -0.1) is 0 Å². The number of amides is 1. The second-order valence-corrected chi connectivity index (χ2v) is 9.48. The second kappa shape index (κ2) is 9.28. The van der Waals surface area contributed by atoms with E-state index in [1.165, 1.54) is 17.0 Å². The quantitative estimate of drug-likeness (QED) is 0.436. The Morgan fingerprint density at radius 1 is 1.11 bits per heavy atom. The van der Waals surface area contributed by atoms with Gasteiger partial charge in [-0.2, -0.15) is 13.2 Å². The number of allylic oxidation sites excluding steroid dienone is 4. The Hall–Kier alpha value is -3.75. The molecular formula is C28H24F4N2O3. The van der Waals surface area contributed by atoms with E-state index in [9.17, 15) is 27.9 Å². The summed E-state index contributed by atoms with van der Waals surface area (Å²) in [4.78, 5) is 30.4. The maximum Gasteiger partial charge on any atom is 0.416 e. The van der Waals surface area contributed by atoms with Crippen LogP contribution in [0.4, 0.5) is 23.2 Å². The van der Waals surface area contributed by atoms with Gasteiger partial charge in [-0.3, -0.25) is 14.6 Å². The SMILES string of the molecule is CCN(Cc1cc(C(F)(F)F)ccc1C1=CC(CC(=O)O)C2=Nc3ccccc3C2=C1F)C(=O)C1CC1. The number of rotatable bonds is 7. The number of carbonyl (C=O) groups excluding carboxylic acids is 1. The molecule has 37 heavy (non-hydrogen) atoms. The van der Waals surface area contributed by atoms with Gasteiger partial charge < -0.3 is 10.0 Å². The largest absolute Gasteiger partial charge is 0.481 e.